The Morgan fingerprint density at radius 1 is 1.05 bits per heavy atom. The molecule has 0 N–H and O–H groups in total. The summed E-state index contributed by atoms with van der Waals surface area (Å²) in [5.74, 6) is 1.17. The van der Waals surface area contributed by atoms with Crippen molar-refractivity contribution in [2.45, 2.75) is 25.3 Å². The Kier molecular flexibility index (Phi) is 3.27. The highest BCUT2D eigenvalue weighted by Gasteiger charge is 2.33. The molecule has 4 rings (SSSR count). The summed E-state index contributed by atoms with van der Waals surface area (Å²) in [7, 11) is 0. The van der Waals surface area contributed by atoms with Crippen LogP contribution in [0.15, 0.2) is 48.5 Å². The first-order valence-electron chi connectivity index (χ1n) is 7.82. The molecule has 2 bridgehead atoms. The van der Waals surface area contributed by atoms with Crippen molar-refractivity contribution >= 4 is 0 Å². The van der Waals surface area contributed by atoms with Crippen LogP contribution in [0.25, 0.3) is 0 Å². The molecular weight excluding hydrogens is 261 g/mol. The van der Waals surface area contributed by atoms with Gasteiger partial charge in [0.15, 0.2) is 0 Å². The maximum Gasteiger partial charge on any atom is 0.123 e. The maximum atomic E-state index is 13.4. The summed E-state index contributed by atoms with van der Waals surface area (Å²) in [5.41, 5.74) is 4.01. The number of nitrogens with zero attached hydrogens (tertiary/aromatic N) is 1. The predicted molar refractivity (Wildman–Crippen MR) is 82.7 cm³/mol. The molecule has 1 aliphatic heterocycles. The van der Waals surface area contributed by atoms with Gasteiger partial charge in [0, 0.05) is 19.6 Å². The van der Waals surface area contributed by atoms with Crippen LogP contribution in [-0.2, 0) is 13.0 Å². The summed E-state index contributed by atoms with van der Waals surface area (Å²) in [6, 6.07) is 16.1. The van der Waals surface area contributed by atoms with Crippen LogP contribution in [0.3, 0.4) is 0 Å². The van der Waals surface area contributed by atoms with E-state index >= 15 is 0 Å². The quantitative estimate of drug-likeness (QED) is 0.804. The Bertz CT molecular complexity index is 637. The molecule has 2 aromatic carbocycles. The van der Waals surface area contributed by atoms with Gasteiger partial charge in [-0.25, -0.2) is 4.39 Å². The topological polar surface area (TPSA) is 3.24 Å². The van der Waals surface area contributed by atoms with Crippen molar-refractivity contribution in [3.63, 3.8) is 0 Å². The van der Waals surface area contributed by atoms with Crippen molar-refractivity contribution in [2.24, 2.45) is 5.92 Å². The van der Waals surface area contributed by atoms with E-state index in [1.165, 1.54) is 23.1 Å². The Balaban J connectivity index is 1.55. The van der Waals surface area contributed by atoms with E-state index in [0.717, 1.165) is 26.1 Å². The van der Waals surface area contributed by atoms with Gasteiger partial charge in [0.05, 0.1) is 0 Å². The molecule has 0 spiro atoms. The molecule has 1 saturated heterocycles. The number of benzene rings is 2. The number of halogens is 1. The molecule has 108 valence electrons. The monoisotopic (exact) mass is 281 g/mol. The zero-order valence-corrected chi connectivity index (χ0v) is 12.1. The number of fused-ring (bicyclic) bond motifs is 4. The SMILES string of the molecule is Fc1ccc2c(c1)CC1CC2CN(Cc2ccccc2)C1. The molecule has 21 heavy (non-hydrogen) atoms. The lowest BCUT2D eigenvalue weighted by atomic mass is 9.74. The van der Waals surface area contributed by atoms with Gasteiger partial charge >= 0.3 is 0 Å². The van der Waals surface area contributed by atoms with Gasteiger partial charge in [-0.05, 0) is 53.5 Å². The molecule has 2 aliphatic rings. The number of hydrogen-bond donors (Lipinski definition) is 0. The van der Waals surface area contributed by atoms with Crippen molar-refractivity contribution in [1.29, 1.82) is 0 Å². The Morgan fingerprint density at radius 2 is 1.90 bits per heavy atom. The summed E-state index contributed by atoms with van der Waals surface area (Å²) >= 11 is 0. The van der Waals surface area contributed by atoms with Gasteiger partial charge in [-0.1, -0.05) is 36.4 Å². The van der Waals surface area contributed by atoms with Gasteiger partial charge in [-0.2, -0.15) is 0 Å². The molecule has 0 radical (unpaired) electrons. The Morgan fingerprint density at radius 3 is 2.76 bits per heavy atom. The lowest BCUT2D eigenvalue weighted by Crippen LogP contribution is -2.42. The van der Waals surface area contributed by atoms with Crippen LogP contribution >= 0.6 is 0 Å². The van der Waals surface area contributed by atoms with E-state index in [2.05, 4.69) is 35.2 Å². The van der Waals surface area contributed by atoms with Crippen molar-refractivity contribution in [3.05, 3.63) is 71.0 Å². The predicted octanol–water partition coefficient (Wildman–Crippen LogP) is 3.99. The number of likely N-dealkylation sites (tertiary alicyclic amines) is 1. The summed E-state index contributed by atoms with van der Waals surface area (Å²) in [6.45, 7) is 3.27. The summed E-state index contributed by atoms with van der Waals surface area (Å²) in [6.07, 6.45) is 2.30. The van der Waals surface area contributed by atoms with Gasteiger partial charge in [-0.15, -0.1) is 0 Å². The lowest BCUT2D eigenvalue weighted by Gasteiger charge is -2.42. The molecule has 1 nitrogen and oxygen atoms in total. The molecule has 1 aliphatic carbocycles. The van der Waals surface area contributed by atoms with E-state index in [1.54, 1.807) is 12.1 Å². The van der Waals surface area contributed by atoms with E-state index in [4.69, 9.17) is 0 Å². The second-order valence-corrected chi connectivity index (χ2v) is 6.53. The molecule has 0 aromatic heterocycles. The number of rotatable bonds is 2. The van der Waals surface area contributed by atoms with Crippen LogP contribution < -0.4 is 0 Å². The van der Waals surface area contributed by atoms with Crippen LogP contribution in [-0.4, -0.2) is 18.0 Å². The summed E-state index contributed by atoms with van der Waals surface area (Å²) in [4.78, 5) is 2.57. The second-order valence-electron chi connectivity index (χ2n) is 6.53. The third-order valence-electron chi connectivity index (χ3n) is 4.92. The maximum absolute atomic E-state index is 13.4. The van der Waals surface area contributed by atoms with E-state index in [-0.39, 0.29) is 5.82 Å². The fourth-order valence-electron chi connectivity index (χ4n) is 4.11. The molecule has 1 fully saturated rings. The third kappa shape index (κ3) is 2.60. The molecule has 2 atom stereocenters. The van der Waals surface area contributed by atoms with Gasteiger partial charge in [-0.3, -0.25) is 4.90 Å². The molecule has 0 amide bonds. The minimum absolute atomic E-state index is 0.0881. The Hall–Kier alpha value is -1.67. The van der Waals surface area contributed by atoms with Crippen LogP contribution in [0, 0.1) is 11.7 Å². The number of piperidine rings is 1. The molecule has 2 aromatic rings. The lowest BCUT2D eigenvalue weighted by molar-refractivity contribution is 0.138. The normalized spacial score (nSPS) is 24.6. The molecular formula is C19H20FN. The highest BCUT2D eigenvalue weighted by atomic mass is 19.1. The first-order chi connectivity index (χ1) is 10.3. The van der Waals surface area contributed by atoms with Crippen LogP contribution in [0.2, 0.25) is 0 Å². The minimum Gasteiger partial charge on any atom is -0.298 e. The zero-order chi connectivity index (χ0) is 14.2. The third-order valence-corrected chi connectivity index (χ3v) is 4.92. The van der Waals surface area contributed by atoms with Gasteiger partial charge in [0.2, 0.25) is 0 Å². The average Bonchev–Trinajstić information content (AvgIpc) is 2.47. The van der Waals surface area contributed by atoms with E-state index in [9.17, 15) is 4.39 Å². The second kappa shape index (κ2) is 5.27. The fraction of sp³-hybridized carbons (Fsp3) is 0.368. The first kappa shape index (κ1) is 13.0. The smallest absolute Gasteiger partial charge is 0.123 e. The minimum atomic E-state index is -0.0881. The molecule has 2 unspecified atom stereocenters. The Labute approximate surface area is 125 Å². The summed E-state index contributed by atoms with van der Waals surface area (Å²) in [5, 5.41) is 0. The molecule has 2 heteroatoms. The zero-order valence-electron chi connectivity index (χ0n) is 12.1. The standard InChI is InChI=1S/C19H20FN/c20-18-6-7-19-16(10-18)8-15-9-17(19)13-21(12-15)11-14-4-2-1-3-5-14/h1-7,10,15,17H,8-9,11-13H2. The fourth-order valence-corrected chi connectivity index (χ4v) is 4.11. The highest BCUT2D eigenvalue weighted by molar-refractivity contribution is 5.35. The largest absolute Gasteiger partial charge is 0.298 e. The van der Waals surface area contributed by atoms with Crippen molar-refractivity contribution in [3.8, 4) is 0 Å². The first-order valence-corrected chi connectivity index (χ1v) is 7.82. The van der Waals surface area contributed by atoms with E-state index in [1.807, 2.05) is 6.07 Å². The summed E-state index contributed by atoms with van der Waals surface area (Å²) < 4.78 is 13.4. The van der Waals surface area contributed by atoms with Crippen LogP contribution in [0.5, 0.6) is 0 Å². The van der Waals surface area contributed by atoms with E-state index in [0.29, 0.717) is 11.8 Å². The number of hydrogen-bond acceptors (Lipinski definition) is 1. The van der Waals surface area contributed by atoms with Crippen molar-refractivity contribution in [2.75, 3.05) is 13.1 Å². The van der Waals surface area contributed by atoms with Gasteiger partial charge in [0.1, 0.15) is 5.82 Å². The van der Waals surface area contributed by atoms with Crippen molar-refractivity contribution in [1.82, 2.24) is 4.90 Å². The van der Waals surface area contributed by atoms with Crippen LogP contribution in [0.4, 0.5) is 4.39 Å². The highest BCUT2D eigenvalue weighted by Crippen LogP contribution is 2.39. The van der Waals surface area contributed by atoms with Gasteiger partial charge in [0.25, 0.3) is 0 Å². The average molecular weight is 281 g/mol. The van der Waals surface area contributed by atoms with Crippen molar-refractivity contribution < 1.29 is 4.39 Å². The van der Waals surface area contributed by atoms with E-state index < -0.39 is 0 Å². The van der Waals surface area contributed by atoms with Gasteiger partial charge < -0.3 is 0 Å². The molecule has 0 saturated carbocycles. The molecule has 1 heterocycles. The van der Waals surface area contributed by atoms with Crippen LogP contribution in [0.1, 0.15) is 29.0 Å².